The Labute approximate surface area is 131 Å². The van der Waals surface area contributed by atoms with Crippen LogP contribution in [0.15, 0.2) is 24.3 Å². The molecule has 4 heteroatoms. The first-order chi connectivity index (χ1) is 10.6. The van der Waals surface area contributed by atoms with Crippen LogP contribution in [-0.4, -0.2) is 17.4 Å². The van der Waals surface area contributed by atoms with E-state index >= 15 is 0 Å². The summed E-state index contributed by atoms with van der Waals surface area (Å²) in [5, 5.41) is 2.51. The van der Waals surface area contributed by atoms with Crippen molar-refractivity contribution in [3.8, 4) is 0 Å². The molecule has 0 radical (unpaired) electrons. The molecule has 0 saturated carbocycles. The molecule has 1 N–H and O–H groups in total. The minimum atomic E-state index is -2.40. The number of rotatable bonds is 8. The van der Waals surface area contributed by atoms with Gasteiger partial charge >= 0.3 is 0 Å². The molecule has 3 nitrogen and oxygen atoms in total. The number of Topliss-reactive ketones (excluding diaryl/α,β-unsaturated/α-hetero) is 1. The standard InChI is InChI=1S/C18H24FNO2/c1-2-3-4-5-6-7-10-13-18(19)16(21)14-11-8-9-12-15(14)20-17(18)22/h8-9,11-12H,2-7,10,13H2,1H3,(H,20,22). The third-order valence-corrected chi connectivity index (χ3v) is 4.26. The molecule has 22 heavy (non-hydrogen) atoms. The van der Waals surface area contributed by atoms with Gasteiger partial charge < -0.3 is 5.32 Å². The number of carbonyl (C=O) groups is 2. The Morgan fingerprint density at radius 3 is 2.36 bits per heavy atom. The second-order valence-electron chi connectivity index (χ2n) is 6.00. The number of amides is 1. The molecule has 0 aliphatic carbocycles. The average Bonchev–Trinajstić information content (AvgIpc) is 2.52. The lowest BCUT2D eigenvalue weighted by Gasteiger charge is -2.28. The van der Waals surface area contributed by atoms with Crippen LogP contribution in [-0.2, 0) is 4.79 Å². The van der Waals surface area contributed by atoms with Crippen molar-refractivity contribution in [3.05, 3.63) is 29.8 Å². The maximum atomic E-state index is 14.9. The molecule has 1 heterocycles. The molecule has 0 spiro atoms. The lowest BCUT2D eigenvalue weighted by atomic mass is 9.85. The van der Waals surface area contributed by atoms with Crippen LogP contribution in [0.25, 0.3) is 0 Å². The Bertz CT molecular complexity index is 544. The number of anilines is 1. The largest absolute Gasteiger partial charge is 0.322 e. The summed E-state index contributed by atoms with van der Waals surface area (Å²) in [5.74, 6) is -1.51. The van der Waals surface area contributed by atoms with Crippen molar-refractivity contribution < 1.29 is 14.0 Å². The smallest absolute Gasteiger partial charge is 0.270 e. The minimum Gasteiger partial charge on any atom is -0.322 e. The summed E-state index contributed by atoms with van der Waals surface area (Å²) in [6.07, 6.45) is 7.18. The SMILES string of the molecule is CCCCCCCCCC1(F)C(=O)Nc2ccccc2C1=O. The molecule has 1 atom stereocenters. The number of para-hydroxylation sites is 1. The van der Waals surface area contributed by atoms with Crippen LogP contribution < -0.4 is 5.32 Å². The Kier molecular flexibility index (Phi) is 5.69. The number of alkyl halides is 1. The van der Waals surface area contributed by atoms with Gasteiger partial charge in [-0.25, -0.2) is 4.39 Å². The van der Waals surface area contributed by atoms with E-state index in [0.717, 1.165) is 19.3 Å². The first kappa shape index (κ1) is 16.7. The molecule has 1 aromatic rings. The molecule has 0 saturated heterocycles. The monoisotopic (exact) mass is 305 g/mol. The molecule has 0 bridgehead atoms. The third kappa shape index (κ3) is 3.54. The second kappa shape index (κ2) is 7.52. The number of nitrogens with one attached hydrogen (secondary N) is 1. The molecule has 2 rings (SSSR count). The second-order valence-corrected chi connectivity index (χ2v) is 6.00. The molecular formula is C18H24FNO2. The van der Waals surface area contributed by atoms with E-state index in [1.54, 1.807) is 24.3 Å². The van der Waals surface area contributed by atoms with E-state index in [1.165, 1.54) is 19.3 Å². The van der Waals surface area contributed by atoms with E-state index in [0.29, 0.717) is 12.1 Å². The fourth-order valence-corrected chi connectivity index (χ4v) is 2.88. The number of fused-ring (bicyclic) bond motifs is 1. The topological polar surface area (TPSA) is 46.2 Å². The van der Waals surface area contributed by atoms with Gasteiger partial charge in [-0.05, 0) is 25.0 Å². The van der Waals surface area contributed by atoms with Crippen molar-refractivity contribution in [2.75, 3.05) is 5.32 Å². The molecular weight excluding hydrogens is 281 g/mol. The number of benzene rings is 1. The van der Waals surface area contributed by atoms with Crippen molar-refractivity contribution in [2.24, 2.45) is 0 Å². The van der Waals surface area contributed by atoms with Gasteiger partial charge in [0.1, 0.15) is 0 Å². The summed E-state index contributed by atoms with van der Waals surface area (Å²) in [4.78, 5) is 24.3. The van der Waals surface area contributed by atoms with E-state index in [2.05, 4.69) is 12.2 Å². The fourth-order valence-electron chi connectivity index (χ4n) is 2.88. The summed E-state index contributed by atoms with van der Waals surface area (Å²) >= 11 is 0. The van der Waals surface area contributed by atoms with Crippen LogP contribution in [0.1, 0.15) is 68.6 Å². The van der Waals surface area contributed by atoms with Crippen LogP contribution in [0.5, 0.6) is 0 Å². The maximum Gasteiger partial charge on any atom is 0.270 e. The van der Waals surface area contributed by atoms with Gasteiger partial charge in [0.15, 0.2) is 0 Å². The van der Waals surface area contributed by atoms with Gasteiger partial charge in [-0.2, -0.15) is 0 Å². The number of unbranched alkanes of at least 4 members (excludes halogenated alkanes) is 6. The van der Waals surface area contributed by atoms with Gasteiger partial charge in [0.25, 0.3) is 11.6 Å². The maximum absolute atomic E-state index is 14.9. The van der Waals surface area contributed by atoms with Crippen molar-refractivity contribution in [1.82, 2.24) is 0 Å². The van der Waals surface area contributed by atoms with Gasteiger partial charge in [0.2, 0.25) is 5.78 Å². The first-order valence-electron chi connectivity index (χ1n) is 8.24. The lowest BCUT2D eigenvalue weighted by molar-refractivity contribution is -0.125. The Morgan fingerprint density at radius 2 is 1.64 bits per heavy atom. The zero-order chi connectivity index (χ0) is 16.0. The number of ketones is 1. The summed E-state index contributed by atoms with van der Waals surface area (Å²) in [6, 6.07) is 6.59. The van der Waals surface area contributed by atoms with Crippen molar-refractivity contribution in [2.45, 2.75) is 64.0 Å². The highest BCUT2D eigenvalue weighted by Crippen LogP contribution is 2.34. The summed E-state index contributed by atoms with van der Waals surface area (Å²) < 4.78 is 14.9. The predicted octanol–water partition coefficient (Wildman–Crippen LogP) is 4.67. The molecule has 0 aromatic heterocycles. The number of halogens is 1. The van der Waals surface area contributed by atoms with Crippen LogP contribution in [0.3, 0.4) is 0 Å². The Morgan fingerprint density at radius 1 is 1.00 bits per heavy atom. The molecule has 1 aliphatic heterocycles. The van der Waals surface area contributed by atoms with Gasteiger partial charge in [0.05, 0.1) is 5.69 Å². The number of carbonyl (C=O) groups excluding carboxylic acids is 2. The summed E-state index contributed by atoms with van der Waals surface area (Å²) in [7, 11) is 0. The zero-order valence-corrected chi connectivity index (χ0v) is 13.2. The fraction of sp³-hybridized carbons (Fsp3) is 0.556. The van der Waals surface area contributed by atoms with E-state index in [4.69, 9.17) is 0 Å². The first-order valence-corrected chi connectivity index (χ1v) is 8.24. The lowest BCUT2D eigenvalue weighted by Crippen LogP contribution is -2.49. The zero-order valence-electron chi connectivity index (χ0n) is 13.2. The highest BCUT2D eigenvalue weighted by atomic mass is 19.1. The van der Waals surface area contributed by atoms with Crippen molar-refractivity contribution in [3.63, 3.8) is 0 Å². The van der Waals surface area contributed by atoms with Crippen LogP contribution in [0, 0.1) is 0 Å². The third-order valence-electron chi connectivity index (χ3n) is 4.26. The number of hydrogen-bond donors (Lipinski definition) is 1. The van der Waals surface area contributed by atoms with E-state index in [1.807, 2.05) is 0 Å². The predicted molar refractivity (Wildman–Crippen MR) is 85.9 cm³/mol. The Balaban J connectivity index is 1.90. The van der Waals surface area contributed by atoms with E-state index < -0.39 is 17.4 Å². The number of hydrogen-bond acceptors (Lipinski definition) is 2. The van der Waals surface area contributed by atoms with E-state index in [9.17, 15) is 14.0 Å². The van der Waals surface area contributed by atoms with Crippen LogP contribution in [0.4, 0.5) is 10.1 Å². The molecule has 0 fully saturated rings. The highest BCUT2D eigenvalue weighted by molar-refractivity contribution is 6.26. The average molecular weight is 305 g/mol. The van der Waals surface area contributed by atoms with Gasteiger partial charge in [-0.3, -0.25) is 9.59 Å². The summed E-state index contributed by atoms with van der Waals surface area (Å²) in [6.45, 7) is 2.16. The molecule has 1 unspecified atom stereocenters. The quantitative estimate of drug-likeness (QED) is 0.560. The Hall–Kier alpha value is -1.71. The van der Waals surface area contributed by atoms with E-state index in [-0.39, 0.29) is 12.0 Å². The highest BCUT2D eigenvalue weighted by Gasteiger charge is 2.49. The summed E-state index contributed by atoms with van der Waals surface area (Å²) in [5.41, 5.74) is -1.73. The molecule has 1 aromatic carbocycles. The van der Waals surface area contributed by atoms with Crippen LogP contribution in [0.2, 0.25) is 0 Å². The van der Waals surface area contributed by atoms with Gasteiger partial charge in [0, 0.05) is 5.56 Å². The van der Waals surface area contributed by atoms with Gasteiger partial charge in [-0.15, -0.1) is 0 Å². The normalized spacial score (nSPS) is 20.6. The van der Waals surface area contributed by atoms with Crippen LogP contribution >= 0.6 is 0 Å². The van der Waals surface area contributed by atoms with Crippen molar-refractivity contribution >= 4 is 17.4 Å². The van der Waals surface area contributed by atoms with Gasteiger partial charge in [-0.1, -0.05) is 57.6 Å². The van der Waals surface area contributed by atoms with Crippen molar-refractivity contribution in [1.29, 1.82) is 0 Å². The minimum absolute atomic E-state index is 0.0280. The molecule has 1 amide bonds. The molecule has 1 aliphatic rings. The molecule has 120 valence electrons.